The summed E-state index contributed by atoms with van der Waals surface area (Å²) in [5.41, 5.74) is 1.82. The van der Waals surface area contributed by atoms with Crippen molar-refractivity contribution in [1.29, 1.82) is 0 Å². The van der Waals surface area contributed by atoms with Crippen molar-refractivity contribution in [2.45, 2.75) is 52.1 Å². The molecule has 3 N–H and O–H groups in total. The summed E-state index contributed by atoms with van der Waals surface area (Å²) in [7, 11) is 0. The van der Waals surface area contributed by atoms with Crippen molar-refractivity contribution in [3.05, 3.63) is 46.5 Å². The molecule has 0 aliphatic carbocycles. The third-order valence-corrected chi connectivity index (χ3v) is 5.03. The van der Waals surface area contributed by atoms with E-state index < -0.39 is 5.60 Å². The molecule has 1 heterocycles. The first-order valence-corrected chi connectivity index (χ1v) is 8.10. The fourth-order valence-corrected chi connectivity index (χ4v) is 3.76. The van der Waals surface area contributed by atoms with Crippen LogP contribution in [0, 0.1) is 13.8 Å². The van der Waals surface area contributed by atoms with Crippen LogP contribution in [0.3, 0.4) is 0 Å². The highest BCUT2D eigenvalue weighted by molar-refractivity contribution is 5.53. The van der Waals surface area contributed by atoms with Crippen LogP contribution in [-0.4, -0.2) is 15.3 Å². The minimum Gasteiger partial charge on any atom is -0.508 e. The molecule has 4 nitrogen and oxygen atoms in total. The van der Waals surface area contributed by atoms with Gasteiger partial charge in [-0.1, -0.05) is 13.8 Å². The molecule has 0 aromatic heterocycles. The van der Waals surface area contributed by atoms with Crippen molar-refractivity contribution >= 4 is 0 Å². The van der Waals surface area contributed by atoms with E-state index in [4.69, 9.17) is 4.74 Å². The van der Waals surface area contributed by atoms with E-state index in [1.165, 1.54) is 0 Å². The molecule has 0 radical (unpaired) electrons. The van der Waals surface area contributed by atoms with Crippen molar-refractivity contribution < 1.29 is 20.1 Å². The van der Waals surface area contributed by atoms with Crippen molar-refractivity contribution in [2.24, 2.45) is 0 Å². The monoisotopic (exact) mass is 328 g/mol. The maximum absolute atomic E-state index is 10.4. The molecule has 0 spiro atoms. The van der Waals surface area contributed by atoms with Gasteiger partial charge in [-0.25, -0.2) is 0 Å². The first-order valence-electron chi connectivity index (χ1n) is 8.10. The minimum atomic E-state index is -0.783. The average molecular weight is 328 g/mol. The van der Waals surface area contributed by atoms with Gasteiger partial charge in [-0.05, 0) is 61.6 Å². The lowest BCUT2D eigenvalue weighted by Gasteiger charge is -2.44. The summed E-state index contributed by atoms with van der Waals surface area (Å²) in [6.07, 6.45) is 0.603. The standard InChI is InChI=1S/C20H24O4/c1-11-6-17(23)13(8-15(11)21)20(5)10-19(3,4)14-9-16(22)12(2)7-18(14)24-20/h6-9,21-23H,10H2,1-5H3. The second-order valence-electron chi connectivity index (χ2n) is 7.68. The molecule has 2 aromatic carbocycles. The number of phenols is 3. The van der Waals surface area contributed by atoms with E-state index in [0.717, 1.165) is 11.1 Å². The Labute approximate surface area is 142 Å². The fraction of sp³-hybridized carbons (Fsp3) is 0.400. The zero-order valence-electron chi connectivity index (χ0n) is 14.8. The Bertz CT molecular complexity index is 823. The molecule has 2 aromatic rings. The molecule has 3 rings (SSSR count). The molecule has 1 aliphatic heterocycles. The SMILES string of the molecule is Cc1cc2c(cc1O)C(C)(C)CC(C)(c1cc(O)c(C)cc1O)O2. The number of hydrogen-bond donors (Lipinski definition) is 3. The van der Waals surface area contributed by atoms with E-state index in [1.807, 2.05) is 19.9 Å². The molecule has 1 unspecified atom stereocenters. The van der Waals surface area contributed by atoms with Gasteiger partial charge < -0.3 is 20.1 Å². The predicted molar refractivity (Wildman–Crippen MR) is 93.0 cm³/mol. The molecule has 4 heteroatoms. The Morgan fingerprint density at radius 2 is 1.33 bits per heavy atom. The zero-order valence-corrected chi connectivity index (χ0v) is 14.8. The molecule has 1 aliphatic rings. The Morgan fingerprint density at radius 1 is 0.792 bits per heavy atom. The lowest BCUT2D eigenvalue weighted by atomic mass is 9.70. The number of aryl methyl sites for hydroxylation is 2. The smallest absolute Gasteiger partial charge is 0.136 e. The number of phenolic OH excluding ortho intramolecular Hbond substituents is 3. The summed E-state index contributed by atoms with van der Waals surface area (Å²) in [6.45, 7) is 9.67. The molecule has 24 heavy (non-hydrogen) atoms. The number of rotatable bonds is 1. The van der Waals surface area contributed by atoms with E-state index in [0.29, 0.717) is 23.3 Å². The summed E-state index contributed by atoms with van der Waals surface area (Å²) >= 11 is 0. The van der Waals surface area contributed by atoms with Crippen molar-refractivity contribution in [1.82, 2.24) is 0 Å². The number of fused-ring (bicyclic) bond motifs is 1. The minimum absolute atomic E-state index is 0.113. The second-order valence-corrected chi connectivity index (χ2v) is 7.68. The van der Waals surface area contributed by atoms with Crippen molar-refractivity contribution in [3.8, 4) is 23.0 Å². The van der Waals surface area contributed by atoms with Crippen LogP contribution in [0.2, 0.25) is 0 Å². The Hall–Kier alpha value is -2.36. The second kappa shape index (κ2) is 5.07. The molecular weight excluding hydrogens is 304 g/mol. The molecule has 0 amide bonds. The Kier molecular flexibility index (Phi) is 3.48. The third kappa shape index (κ3) is 2.46. The van der Waals surface area contributed by atoms with Crippen molar-refractivity contribution in [2.75, 3.05) is 0 Å². The molecular formula is C20H24O4. The van der Waals surface area contributed by atoms with Crippen LogP contribution >= 0.6 is 0 Å². The van der Waals surface area contributed by atoms with E-state index in [9.17, 15) is 15.3 Å². The quantitative estimate of drug-likeness (QED) is 0.679. The number of benzene rings is 2. The highest BCUT2D eigenvalue weighted by Crippen LogP contribution is 2.52. The van der Waals surface area contributed by atoms with Gasteiger partial charge in [-0.2, -0.15) is 0 Å². The van der Waals surface area contributed by atoms with E-state index >= 15 is 0 Å². The van der Waals surface area contributed by atoms with Crippen LogP contribution < -0.4 is 4.74 Å². The summed E-state index contributed by atoms with van der Waals surface area (Å²) in [6, 6.07) is 6.73. The fourth-order valence-electron chi connectivity index (χ4n) is 3.76. The number of aromatic hydroxyl groups is 3. The van der Waals surface area contributed by atoms with Crippen LogP contribution in [0.4, 0.5) is 0 Å². The topological polar surface area (TPSA) is 69.9 Å². The molecule has 128 valence electrons. The maximum atomic E-state index is 10.4. The van der Waals surface area contributed by atoms with Gasteiger partial charge in [-0.15, -0.1) is 0 Å². The van der Waals surface area contributed by atoms with Crippen LogP contribution in [0.15, 0.2) is 24.3 Å². The highest BCUT2D eigenvalue weighted by atomic mass is 16.5. The molecule has 0 bridgehead atoms. The Morgan fingerprint density at radius 3 is 1.96 bits per heavy atom. The van der Waals surface area contributed by atoms with Gasteiger partial charge in [0.2, 0.25) is 0 Å². The number of ether oxygens (including phenoxy) is 1. The normalized spacial score (nSPS) is 21.9. The first-order chi connectivity index (χ1) is 11.0. The summed E-state index contributed by atoms with van der Waals surface area (Å²) in [5, 5.41) is 30.5. The van der Waals surface area contributed by atoms with Gasteiger partial charge in [0.05, 0.1) is 0 Å². The summed E-state index contributed by atoms with van der Waals surface area (Å²) in [4.78, 5) is 0. The first kappa shape index (κ1) is 16.5. The van der Waals surface area contributed by atoms with Gasteiger partial charge >= 0.3 is 0 Å². The summed E-state index contributed by atoms with van der Waals surface area (Å²) < 4.78 is 6.27. The van der Waals surface area contributed by atoms with Crippen LogP contribution in [0.1, 0.15) is 49.4 Å². The van der Waals surface area contributed by atoms with Crippen LogP contribution in [-0.2, 0) is 11.0 Å². The maximum Gasteiger partial charge on any atom is 0.136 e. The summed E-state index contributed by atoms with van der Waals surface area (Å²) in [5.74, 6) is 1.20. The molecule has 0 saturated carbocycles. The van der Waals surface area contributed by atoms with Crippen molar-refractivity contribution in [3.63, 3.8) is 0 Å². The largest absolute Gasteiger partial charge is 0.508 e. The third-order valence-electron chi connectivity index (χ3n) is 5.03. The molecule has 0 saturated heterocycles. The van der Waals surface area contributed by atoms with E-state index in [1.54, 1.807) is 25.1 Å². The highest BCUT2D eigenvalue weighted by Gasteiger charge is 2.44. The molecule has 1 atom stereocenters. The predicted octanol–water partition coefficient (Wildman–Crippen LogP) is 4.40. The van der Waals surface area contributed by atoms with Gasteiger partial charge in [0.1, 0.15) is 28.6 Å². The van der Waals surface area contributed by atoms with Gasteiger partial charge in [0, 0.05) is 17.5 Å². The Balaban J connectivity index is 2.17. The average Bonchev–Trinajstić information content (AvgIpc) is 2.44. The molecule has 0 fully saturated rings. The van der Waals surface area contributed by atoms with Gasteiger partial charge in [0.15, 0.2) is 0 Å². The number of hydrogen-bond acceptors (Lipinski definition) is 4. The van der Waals surface area contributed by atoms with Gasteiger partial charge in [-0.3, -0.25) is 0 Å². The van der Waals surface area contributed by atoms with Gasteiger partial charge in [0.25, 0.3) is 0 Å². The lowest BCUT2D eigenvalue weighted by molar-refractivity contribution is 0.0300. The van der Waals surface area contributed by atoms with E-state index in [2.05, 4.69) is 13.8 Å². The van der Waals surface area contributed by atoms with E-state index in [-0.39, 0.29) is 22.7 Å². The lowest BCUT2D eigenvalue weighted by Crippen LogP contribution is -2.41. The van der Waals surface area contributed by atoms with Crippen LogP contribution in [0.5, 0.6) is 23.0 Å². The van der Waals surface area contributed by atoms with Crippen LogP contribution in [0.25, 0.3) is 0 Å². The zero-order chi connectivity index (χ0) is 17.9.